The molecule has 32 heavy (non-hydrogen) atoms. The lowest BCUT2D eigenvalue weighted by molar-refractivity contribution is 0.414. The number of aryl methyl sites for hydroxylation is 2. The van der Waals surface area contributed by atoms with Gasteiger partial charge in [0.05, 0.1) is 33.7 Å². The molecule has 0 fully saturated rings. The highest BCUT2D eigenvalue weighted by Crippen LogP contribution is 2.39. The van der Waals surface area contributed by atoms with Crippen LogP contribution in [0.25, 0.3) is 11.0 Å². The van der Waals surface area contributed by atoms with Crippen molar-refractivity contribution in [2.24, 2.45) is 14.1 Å². The minimum absolute atomic E-state index is 0.0917. The fourth-order valence-corrected chi connectivity index (χ4v) is 5.62. The van der Waals surface area contributed by atoms with Crippen molar-refractivity contribution in [3.63, 3.8) is 0 Å². The molecule has 7 nitrogen and oxygen atoms in total. The molecule has 0 saturated heterocycles. The zero-order valence-electron chi connectivity index (χ0n) is 17.5. The van der Waals surface area contributed by atoms with Crippen molar-refractivity contribution in [1.82, 2.24) is 9.13 Å². The molecule has 0 saturated carbocycles. The molecule has 4 rings (SSSR count). The summed E-state index contributed by atoms with van der Waals surface area (Å²) in [7, 11) is 0.942. The van der Waals surface area contributed by atoms with Gasteiger partial charge >= 0.3 is 5.69 Å². The van der Waals surface area contributed by atoms with E-state index in [1.807, 2.05) is 18.2 Å². The predicted molar refractivity (Wildman–Crippen MR) is 128 cm³/mol. The number of sulfonamides is 1. The topological polar surface area (TPSA) is 82.3 Å². The Labute approximate surface area is 194 Å². The maximum Gasteiger partial charge on any atom is 0.328 e. The summed E-state index contributed by atoms with van der Waals surface area (Å²) in [5.41, 5.74) is 1.43. The van der Waals surface area contributed by atoms with Crippen molar-refractivity contribution in [2.75, 3.05) is 11.8 Å². The number of methoxy groups -OCH3 is 1. The van der Waals surface area contributed by atoms with Crippen LogP contribution in [-0.2, 0) is 24.1 Å². The highest BCUT2D eigenvalue weighted by Gasteiger charge is 2.20. The summed E-state index contributed by atoms with van der Waals surface area (Å²) in [5, 5.41) is 0.545. The normalized spacial score (nSPS) is 11.6. The highest BCUT2D eigenvalue weighted by molar-refractivity contribution is 7.99. The Morgan fingerprint density at radius 3 is 2.19 bits per heavy atom. The van der Waals surface area contributed by atoms with E-state index in [1.54, 1.807) is 44.4 Å². The van der Waals surface area contributed by atoms with E-state index in [9.17, 15) is 13.2 Å². The fraction of sp³-hybridized carbons (Fsp3) is 0.136. The number of anilines is 1. The molecule has 3 aromatic carbocycles. The molecule has 0 aliphatic rings. The largest absolute Gasteiger partial charge is 0.497 e. The summed E-state index contributed by atoms with van der Waals surface area (Å²) < 4.78 is 37.0. The summed E-state index contributed by atoms with van der Waals surface area (Å²) in [6, 6.07) is 16.8. The number of nitrogens with one attached hydrogen (secondary N) is 1. The first-order chi connectivity index (χ1) is 15.2. The Bertz CT molecular complexity index is 1480. The van der Waals surface area contributed by atoms with Crippen molar-refractivity contribution in [2.45, 2.75) is 14.7 Å². The van der Waals surface area contributed by atoms with Crippen LogP contribution in [-0.4, -0.2) is 24.7 Å². The summed E-state index contributed by atoms with van der Waals surface area (Å²) >= 11 is 7.65. The minimum atomic E-state index is -3.89. The molecule has 4 aromatic rings. The second kappa shape index (κ2) is 8.57. The quantitative estimate of drug-likeness (QED) is 0.431. The number of hydrogen-bond acceptors (Lipinski definition) is 5. The van der Waals surface area contributed by atoms with Gasteiger partial charge in [-0.3, -0.25) is 13.9 Å². The molecule has 1 heterocycles. The Morgan fingerprint density at radius 1 is 0.938 bits per heavy atom. The molecule has 1 N–H and O–H groups in total. The molecule has 0 amide bonds. The van der Waals surface area contributed by atoms with Crippen LogP contribution in [0.2, 0.25) is 5.02 Å². The van der Waals surface area contributed by atoms with Crippen LogP contribution in [0.5, 0.6) is 5.75 Å². The number of ether oxygens (including phenoxy) is 1. The van der Waals surface area contributed by atoms with Crippen LogP contribution >= 0.6 is 23.4 Å². The first kappa shape index (κ1) is 22.3. The monoisotopic (exact) mass is 489 g/mol. The van der Waals surface area contributed by atoms with Gasteiger partial charge in [-0.2, -0.15) is 0 Å². The SMILES string of the molecule is COc1ccc(S(=O)(=O)Nc2cc3c(cc2Sc2ccccc2Cl)n(C)c(=O)n3C)cc1. The molecule has 1 aromatic heterocycles. The minimum Gasteiger partial charge on any atom is -0.497 e. The second-order valence-electron chi connectivity index (χ2n) is 7.05. The second-order valence-corrected chi connectivity index (χ2v) is 10.2. The summed E-state index contributed by atoms with van der Waals surface area (Å²) in [5.74, 6) is 0.555. The third kappa shape index (κ3) is 4.11. The van der Waals surface area contributed by atoms with E-state index in [4.69, 9.17) is 16.3 Å². The van der Waals surface area contributed by atoms with Crippen LogP contribution in [0, 0.1) is 0 Å². The molecular formula is C22H20ClN3O4S2. The molecule has 0 unspecified atom stereocenters. The first-order valence-corrected chi connectivity index (χ1v) is 12.2. The van der Waals surface area contributed by atoms with E-state index >= 15 is 0 Å². The van der Waals surface area contributed by atoms with Crippen molar-refractivity contribution in [3.05, 3.63) is 76.2 Å². The van der Waals surface area contributed by atoms with Crippen LogP contribution in [0.3, 0.4) is 0 Å². The number of rotatable bonds is 6. The summed E-state index contributed by atoms with van der Waals surface area (Å²) in [6.07, 6.45) is 0. The van der Waals surface area contributed by atoms with Gasteiger partial charge in [-0.1, -0.05) is 35.5 Å². The van der Waals surface area contributed by atoms with Crippen LogP contribution in [0.1, 0.15) is 0 Å². The van der Waals surface area contributed by atoms with E-state index in [-0.39, 0.29) is 10.6 Å². The average Bonchev–Trinajstić information content (AvgIpc) is 2.99. The van der Waals surface area contributed by atoms with Gasteiger partial charge in [0.25, 0.3) is 10.0 Å². The number of fused-ring (bicyclic) bond motifs is 1. The van der Waals surface area contributed by atoms with Crippen molar-refractivity contribution >= 4 is 50.1 Å². The highest BCUT2D eigenvalue weighted by atomic mass is 35.5. The maximum absolute atomic E-state index is 13.1. The molecule has 0 aliphatic heterocycles. The van der Waals surface area contributed by atoms with E-state index in [2.05, 4.69) is 4.72 Å². The molecule has 0 atom stereocenters. The number of aromatic nitrogens is 2. The number of imidazole rings is 1. The average molecular weight is 490 g/mol. The molecule has 10 heteroatoms. The Morgan fingerprint density at radius 2 is 1.56 bits per heavy atom. The maximum atomic E-state index is 13.1. The van der Waals surface area contributed by atoms with Gasteiger partial charge in [-0.05, 0) is 48.5 Å². The Hall–Kier alpha value is -2.88. The standard InChI is InChI=1S/C22H20ClN3O4S2/c1-25-18-12-17(24-32(28,29)15-10-8-14(30-3)9-11-15)21(13-19(18)26(2)22(25)27)31-20-7-5-4-6-16(20)23/h4-13,24H,1-3H3. The molecular weight excluding hydrogens is 470 g/mol. The van der Waals surface area contributed by atoms with Gasteiger partial charge in [0.1, 0.15) is 5.75 Å². The van der Waals surface area contributed by atoms with Gasteiger partial charge in [-0.25, -0.2) is 13.2 Å². The van der Waals surface area contributed by atoms with Crippen molar-refractivity contribution in [3.8, 4) is 5.75 Å². The lowest BCUT2D eigenvalue weighted by atomic mass is 10.3. The van der Waals surface area contributed by atoms with Crippen LogP contribution in [0.4, 0.5) is 5.69 Å². The third-order valence-electron chi connectivity index (χ3n) is 5.04. The third-order valence-corrected chi connectivity index (χ3v) is 8.00. The first-order valence-electron chi connectivity index (χ1n) is 9.50. The fourth-order valence-electron chi connectivity index (χ4n) is 3.29. The smallest absolute Gasteiger partial charge is 0.328 e. The Balaban J connectivity index is 1.85. The number of hydrogen-bond donors (Lipinski definition) is 1. The van der Waals surface area contributed by atoms with Crippen LogP contribution < -0.4 is 15.1 Å². The molecule has 0 aliphatic carbocycles. The Kier molecular flexibility index (Phi) is 5.98. The molecule has 0 radical (unpaired) electrons. The zero-order valence-corrected chi connectivity index (χ0v) is 19.9. The summed E-state index contributed by atoms with van der Waals surface area (Å²) in [6.45, 7) is 0. The van der Waals surface area contributed by atoms with Gasteiger partial charge in [0.15, 0.2) is 0 Å². The molecule has 0 bridgehead atoms. The number of nitrogens with zero attached hydrogens (tertiary/aromatic N) is 2. The van der Waals surface area contributed by atoms with Crippen LogP contribution in [0.15, 0.2) is 80.1 Å². The van der Waals surface area contributed by atoms with Gasteiger partial charge in [0.2, 0.25) is 0 Å². The lowest BCUT2D eigenvalue weighted by Crippen LogP contribution is -2.19. The van der Waals surface area contributed by atoms with Gasteiger partial charge in [-0.15, -0.1) is 0 Å². The van der Waals surface area contributed by atoms with E-state index < -0.39 is 10.0 Å². The van der Waals surface area contributed by atoms with Crippen molar-refractivity contribution < 1.29 is 13.2 Å². The number of benzene rings is 3. The van der Waals surface area contributed by atoms with Gasteiger partial charge in [0, 0.05) is 23.9 Å². The zero-order chi connectivity index (χ0) is 23.0. The van der Waals surface area contributed by atoms with E-state index in [0.29, 0.717) is 32.4 Å². The van der Waals surface area contributed by atoms with Crippen molar-refractivity contribution in [1.29, 1.82) is 0 Å². The predicted octanol–water partition coefficient (Wildman–Crippen LogP) is 4.49. The molecule has 166 valence electrons. The summed E-state index contributed by atoms with van der Waals surface area (Å²) in [4.78, 5) is 13.9. The molecule has 0 spiro atoms. The van der Waals surface area contributed by atoms with E-state index in [0.717, 1.165) is 4.90 Å². The lowest BCUT2D eigenvalue weighted by Gasteiger charge is -2.14. The van der Waals surface area contributed by atoms with Gasteiger partial charge < -0.3 is 4.74 Å². The number of halogens is 1. The van der Waals surface area contributed by atoms with E-state index in [1.165, 1.54) is 40.1 Å².